The van der Waals surface area contributed by atoms with E-state index in [0.717, 1.165) is 27.3 Å². The van der Waals surface area contributed by atoms with Crippen molar-refractivity contribution in [3.63, 3.8) is 0 Å². The molecule has 150 valence electrons. The summed E-state index contributed by atoms with van der Waals surface area (Å²) in [4.78, 5) is 10.5. The first kappa shape index (κ1) is 17.6. The molecule has 3 aromatic carbocycles. The third kappa shape index (κ3) is 2.47. The van der Waals surface area contributed by atoms with Crippen LogP contribution >= 0.6 is 11.3 Å². The molecule has 0 N–H and O–H groups in total. The van der Waals surface area contributed by atoms with Crippen LogP contribution < -0.4 is 0 Å². The highest BCUT2D eigenvalue weighted by molar-refractivity contribution is 7.25. The zero-order valence-electron chi connectivity index (χ0n) is 17.1. The number of para-hydroxylation sites is 1. The molecule has 0 aliphatic carbocycles. The quantitative estimate of drug-likeness (QED) is 0.284. The molecule has 0 saturated carbocycles. The molecule has 4 heteroatoms. The molecule has 0 bridgehead atoms. The number of thiophene rings is 1. The average Bonchev–Trinajstić information content (AvgIpc) is 3.40. The number of rotatable bonds is 2. The Kier molecular flexibility index (Phi) is 3.72. The van der Waals surface area contributed by atoms with Crippen LogP contribution in [0.4, 0.5) is 0 Å². The number of fused-ring (bicyclic) bond motifs is 7. The van der Waals surface area contributed by atoms with E-state index in [1.807, 2.05) is 30.6 Å². The summed E-state index contributed by atoms with van der Waals surface area (Å²) in [5.74, 6) is 0. The molecule has 4 aromatic heterocycles. The number of hydrogen-bond donors (Lipinski definition) is 0. The largest absolute Gasteiger partial charge is 0.308 e. The predicted octanol–water partition coefficient (Wildman–Crippen LogP) is 7.61. The Morgan fingerprint density at radius 2 is 1.50 bits per heavy atom. The van der Waals surface area contributed by atoms with Gasteiger partial charge in [-0.1, -0.05) is 54.6 Å². The molecule has 0 amide bonds. The average molecular weight is 428 g/mol. The Morgan fingerprint density at radius 1 is 0.656 bits per heavy atom. The molecule has 0 saturated heterocycles. The molecule has 3 nitrogen and oxygen atoms in total. The molecule has 0 atom stereocenters. The molecule has 32 heavy (non-hydrogen) atoms. The van der Waals surface area contributed by atoms with Gasteiger partial charge in [0.1, 0.15) is 4.83 Å². The second kappa shape index (κ2) is 6.74. The van der Waals surface area contributed by atoms with E-state index in [4.69, 9.17) is 4.98 Å². The van der Waals surface area contributed by atoms with Crippen LogP contribution in [0, 0.1) is 0 Å². The van der Waals surface area contributed by atoms with Crippen LogP contribution in [0.3, 0.4) is 0 Å². The number of hydrogen-bond acceptors (Lipinski definition) is 3. The zero-order chi connectivity index (χ0) is 21.1. The van der Waals surface area contributed by atoms with E-state index in [1.54, 1.807) is 11.3 Å². The Labute approximate surface area is 188 Å². The summed E-state index contributed by atoms with van der Waals surface area (Å²) >= 11 is 1.76. The maximum absolute atomic E-state index is 4.89. The van der Waals surface area contributed by atoms with Crippen molar-refractivity contribution < 1.29 is 0 Å². The summed E-state index contributed by atoms with van der Waals surface area (Å²) < 4.78 is 3.60. The fourth-order valence-corrected chi connectivity index (χ4v) is 5.80. The highest BCUT2D eigenvalue weighted by atomic mass is 32.1. The highest BCUT2D eigenvalue weighted by Gasteiger charge is 2.18. The van der Waals surface area contributed by atoms with E-state index >= 15 is 0 Å². The van der Waals surface area contributed by atoms with Gasteiger partial charge < -0.3 is 4.57 Å². The minimum absolute atomic E-state index is 0.972. The van der Waals surface area contributed by atoms with Crippen LogP contribution in [-0.2, 0) is 0 Å². The normalized spacial score (nSPS) is 11.8. The van der Waals surface area contributed by atoms with Crippen LogP contribution in [0.25, 0.3) is 59.1 Å². The Morgan fingerprint density at radius 3 is 2.41 bits per heavy atom. The third-order valence-corrected chi connectivity index (χ3v) is 7.19. The summed E-state index contributed by atoms with van der Waals surface area (Å²) in [7, 11) is 0. The number of aromatic nitrogens is 3. The highest BCUT2D eigenvalue weighted by Crippen LogP contribution is 2.42. The van der Waals surface area contributed by atoms with Gasteiger partial charge in [-0.3, -0.25) is 4.98 Å². The van der Waals surface area contributed by atoms with Gasteiger partial charge in [0.25, 0.3) is 0 Å². The molecule has 0 radical (unpaired) electrons. The van der Waals surface area contributed by atoms with Gasteiger partial charge in [0.2, 0.25) is 0 Å². The van der Waals surface area contributed by atoms with E-state index in [9.17, 15) is 0 Å². The number of benzene rings is 3. The van der Waals surface area contributed by atoms with Crippen molar-refractivity contribution in [1.82, 2.24) is 14.5 Å². The molecule has 0 fully saturated rings. The van der Waals surface area contributed by atoms with Gasteiger partial charge in [-0.2, -0.15) is 0 Å². The van der Waals surface area contributed by atoms with Crippen molar-refractivity contribution in [2.75, 3.05) is 0 Å². The van der Waals surface area contributed by atoms with Gasteiger partial charge >= 0.3 is 0 Å². The Hall–Kier alpha value is -4.02. The Balaban J connectivity index is 1.61. The third-order valence-electron chi connectivity index (χ3n) is 6.11. The lowest BCUT2D eigenvalue weighted by Gasteiger charge is -2.09. The van der Waals surface area contributed by atoms with Gasteiger partial charge in [0, 0.05) is 43.7 Å². The summed E-state index contributed by atoms with van der Waals surface area (Å²) in [6.07, 6.45) is 3.87. The minimum Gasteiger partial charge on any atom is -0.308 e. The number of nitrogens with zero attached hydrogens (tertiary/aromatic N) is 3. The lowest BCUT2D eigenvalue weighted by atomic mass is 10.1. The fraction of sp³-hybridized carbons (Fsp3) is 0. The van der Waals surface area contributed by atoms with Crippen molar-refractivity contribution in [3.8, 4) is 16.9 Å². The maximum Gasteiger partial charge on any atom is 0.125 e. The summed E-state index contributed by atoms with van der Waals surface area (Å²) in [6.45, 7) is 0. The fourth-order valence-electron chi connectivity index (χ4n) is 4.75. The molecule has 0 aliphatic rings. The zero-order valence-corrected chi connectivity index (χ0v) is 17.9. The molecule has 7 aromatic rings. The van der Waals surface area contributed by atoms with Crippen LogP contribution in [0.15, 0.2) is 103 Å². The van der Waals surface area contributed by atoms with E-state index < -0.39 is 0 Å². The topological polar surface area (TPSA) is 30.7 Å². The van der Waals surface area contributed by atoms with Crippen LogP contribution in [0.5, 0.6) is 0 Å². The van der Waals surface area contributed by atoms with Gasteiger partial charge in [-0.05, 0) is 36.4 Å². The maximum atomic E-state index is 4.89. The lowest BCUT2D eigenvalue weighted by molar-refractivity contribution is 1.17. The smallest absolute Gasteiger partial charge is 0.125 e. The predicted molar refractivity (Wildman–Crippen MR) is 135 cm³/mol. The first-order chi connectivity index (χ1) is 15.9. The lowest BCUT2D eigenvalue weighted by Crippen LogP contribution is -1.95. The van der Waals surface area contributed by atoms with E-state index in [-0.39, 0.29) is 0 Å². The van der Waals surface area contributed by atoms with E-state index in [2.05, 4.69) is 82.3 Å². The van der Waals surface area contributed by atoms with Crippen LogP contribution in [-0.4, -0.2) is 14.5 Å². The molecule has 0 aliphatic heterocycles. The minimum atomic E-state index is 0.972. The van der Waals surface area contributed by atoms with E-state index in [0.29, 0.717) is 0 Å². The van der Waals surface area contributed by atoms with Crippen molar-refractivity contribution in [1.29, 1.82) is 0 Å². The molecular weight excluding hydrogens is 410 g/mol. The summed E-state index contributed by atoms with van der Waals surface area (Å²) in [5, 5.41) is 5.04. The van der Waals surface area contributed by atoms with Crippen molar-refractivity contribution >= 4 is 53.4 Å². The number of pyridine rings is 2. The molecule has 4 heterocycles. The SMILES string of the molecule is c1ccc(-c2cccc(-n3c4ccccc4c4c5c(ncc43)sc3ccccc35)c2)nc1. The van der Waals surface area contributed by atoms with Crippen molar-refractivity contribution in [3.05, 3.63) is 103 Å². The van der Waals surface area contributed by atoms with Gasteiger partial charge in [-0.15, -0.1) is 11.3 Å². The molecular formula is C28H17N3S. The molecule has 7 rings (SSSR count). The first-order valence-electron chi connectivity index (χ1n) is 10.6. The monoisotopic (exact) mass is 427 g/mol. The van der Waals surface area contributed by atoms with Crippen molar-refractivity contribution in [2.24, 2.45) is 0 Å². The van der Waals surface area contributed by atoms with E-state index in [1.165, 1.54) is 31.8 Å². The second-order valence-corrected chi connectivity index (χ2v) is 8.95. The molecule has 0 spiro atoms. The molecule has 0 unspecified atom stereocenters. The van der Waals surface area contributed by atoms with Gasteiger partial charge in [-0.25, -0.2) is 4.98 Å². The van der Waals surface area contributed by atoms with Crippen LogP contribution in [0.2, 0.25) is 0 Å². The second-order valence-electron chi connectivity index (χ2n) is 7.91. The standard InChI is InChI=1S/C28H17N3S/c1-3-13-23-20(10-1)26-24(17-30-28-27(26)21-11-2-4-14-25(21)32-28)31(23)19-9-7-8-18(16-19)22-12-5-6-15-29-22/h1-17H. The van der Waals surface area contributed by atoms with Crippen LogP contribution in [0.1, 0.15) is 0 Å². The summed E-state index contributed by atoms with van der Waals surface area (Å²) in [6, 6.07) is 31.9. The summed E-state index contributed by atoms with van der Waals surface area (Å²) in [5.41, 5.74) is 5.49. The van der Waals surface area contributed by atoms with Gasteiger partial charge in [0.05, 0.1) is 22.9 Å². The Bertz CT molecular complexity index is 1780. The van der Waals surface area contributed by atoms with Gasteiger partial charge in [0.15, 0.2) is 0 Å². The van der Waals surface area contributed by atoms with Crippen molar-refractivity contribution in [2.45, 2.75) is 0 Å². The first-order valence-corrected chi connectivity index (χ1v) is 11.4.